The fourth-order valence-electron chi connectivity index (χ4n) is 1.86. The maximum atomic E-state index is 10.8. The molecule has 1 aliphatic rings. The third-order valence-electron chi connectivity index (χ3n) is 2.58. The van der Waals surface area contributed by atoms with Gasteiger partial charge in [-0.05, 0) is 18.8 Å². The van der Waals surface area contributed by atoms with Crippen LogP contribution in [0.25, 0.3) is 0 Å². The van der Waals surface area contributed by atoms with Crippen LogP contribution in [0.15, 0.2) is 0 Å². The molecule has 82 valence electrons. The number of carboxylic acid groups (broad SMARTS) is 1. The van der Waals surface area contributed by atoms with Gasteiger partial charge >= 0.3 is 5.97 Å². The van der Waals surface area contributed by atoms with Gasteiger partial charge in [-0.1, -0.05) is 6.42 Å². The molecule has 6 heteroatoms. The van der Waals surface area contributed by atoms with Gasteiger partial charge in [-0.3, -0.25) is 4.79 Å². The zero-order valence-electron chi connectivity index (χ0n) is 8.06. The largest absolute Gasteiger partial charge is 0.481 e. The molecule has 1 saturated carbocycles. The van der Waals surface area contributed by atoms with E-state index in [9.17, 15) is 13.2 Å². The summed E-state index contributed by atoms with van der Waals surface area (Å²) in [5.41, 5.74) is 0. The summed E-state index contributed by atoms with van der Waals surface area (Å²) in [4.78, 5) is 10.8. The molecular formula is C8H15NO4S. The quantitative estimate of drug-likeness (QED) is 0.702. The SMILES string of the molecule is CS(=O)(=O)NCC1CCCC1C(=O)O. The second-order valence-electron chi connectivity index (χ2n) is 3.76. The minimum Gasteiger partial charge on any atom is -0.481 e. The van der Waals surface area contributed by atoms with Crippen molar-refractivity contribution in [2.75, 3.05) is 12.8 Å². The molecular weight excluding hydrogens is 206 g/mol. The Morgan fingerprint density at radius 1 is 1.50 bits per heavy atom. The van der Waals surface area contributed by atoms with Crippen LogP contribution in [0, 0.1) is 11.8 Å². The van der Waals surface area contributed by atoms with Crippen molar-refractivity contribution >= 4 is 16.0 Å². The lowest BCUT2D eigenvalue weighted by Gasteiger charge is -2.15. The van der Waals surface area contributed by atoms with Crippen molar-refractivity contribution in [3.63, 3.8) is 0 Å². The molecule has 2 unspecified atom stereocenters. The number of nitrogens with one attached hydrogen (secondary N) is 1. The maximum Gasteiger partial charge on any atom is 0.306 e. The van der Waals surface area contributed by atoms with Crippen LogP contribution in [0.1, 0.15) is 19.3 Å². The number of carbonyl (C=O) groups is 1. The Labute approximate surface area is 83.6 Å². The lowest BCUT2D eigenvalue weighted by atomic mass is 9.97. The first-order chi connectivity index (χ1) is 6.40. The Morgan fingerprint density at radius 3 is 2.64 bits per heavy atom. The van der Waals surface area contributed by atoms with Gasteiger partial charge in [0.1, 0.15) is 0 Å². The van der Waals surface area contributed by atoms with Crippen molar-refractivity contribution in [3.05, 3.63) is 0 Å². The van der Waals surface area contributed by atoms with Crippen molar-refractivity contribution < 1.29 is 18.3 Å². The summed E-state index contributed by atoms with van der Waals surface area (Å²) < 4.78 is 24.0. The van der Waals surface area contributed by atoms with Gasteiger partial charge in [-0.25, -0.2) is 13.1 Å². The average molecular weight is 221 g/mol. The van der Waals surface area contributed by atoms with Gasteiger partial charge < -0.3 is 5.11 Å². The third-order valence-corrected chi connectivity index (χ3v) is 3.28. The van der Waals surface area contributed by atoms with Crippen molar-refractivity contribution in [1.82, 2.24) is 4.72 Å². The van der Waals surface area contributed by atoms with Crippen LogP contribution in [-0.2, 0) is 14.8 Å². The average Bonchev–Trinajstić information content (AvgIpc) is 2.46. The molecule has 0 aromatic rings. The number of rotatable bonds is 4. The highest BCUT2D eigenvalue weighted by Gasteiger charge is 2.32. The van der Waals surface area contributed by atoms with E-state index in [2.05, 4.69) is 4.72 Å². The van der Waals surface area contributed by atoms with E-state index in [0.29, 0.717) is 6.42 Å². The minimum absolute atomic E-state index is 0.0535. The molecule has 0 bridgehead atoms. The molecule has 1 rings (SSSR count). The van der Waals surface area contributed by atoms with Crippen molar-refractivity contribution in [1.29, 1.82) is 0 Å². The molecule has 0 amide bonds. The summed E-state index contributed by atoms with van der Waals surface area (Å²) in [6, 6.07) is 0. The predicted octanol–water partition coefficient (Wildman–Crippen LogP) is 0.0365. The number of aliphatic carboxylic acids is 1. The molecule has 0 radical (unpaired) electrons. The molecule has 2 atom stereocenters. The number of hydrogen-bond donors (Lipinski definition) is 2. The van der Waals surface area contributed by atoms with E-state index in [0.717, 1.165) is 19.1 Å². The molecule has 0 heterocycles. The van der Waals surface area contributed by atoms with Crippen LogP contribution in [0.3, 0.4) is 0 Å². The van der Waals surface area contributed by atoms with E-state index < -0.39 is 16.0 Å². The lowest BCUT2D eigenvalue weighted by molar-refractivity contribution is -0.142. The van der Waals surface area contributed by atoms with Gasteiger partial charge in [-0.15, -0.1) is 0 Å². The van der Waals surface area contributed by atoms with E-state index >= 15 is 0 Å². The smallest absolute Gasteiger partial charge is 0.306 e. The number of hydrogen-bond acceptors (Lipinski definition) is 3. The second kappa shape index (κ2) is 4.27. The van der Waals surface area contributed by atoms with Crippen LogP contribution in [0.2, 0.25) is 0 Å². The molecule has 0 aromatic heterocycles. The van der Waals surface area contributed by atoms with Crippen LogP contribution in [0.5, 0.6) is 0 Å². The molecule has 0 saturated heterocycles. The summed E-state index contributed by atoms with van der Waals surface area (Å²) in [5, 5.41) is 8.84. The van der Waals surface area contributed by atoms with E-state index in [1.165, 1.54) is 0 Å². The zero-order chi connectivity index (χ0) is 10.8. The Balaban J connectivity index is 2.48. The van der Waals surface area contributed by atoms with Crippen LogP contribution in [0.4, 0.5) is 0 Å². The zero-order valence-corrected chi connectivity index (χ0v) is 8.88. The Morgan fingerprint density at radius 2 is 2.14 bits per heavy atom. The number of carboxylic acids is 1. The third kappa shape index (κ3) is 3.26. The van der Waals surface area contributed by atoms with Gasteiger partial charge in [0.25, 0.3) is 0 Å². The van der Waals surface area contributed by atoms with Crippen LogP contribution < -0.4 is 4.72 Å². The first-order valence-electron chi connectivity index (χ1n) is 4.57. The summed E-state index contributed by atoms with van der Waals surface area (Å²) in [7, 11) is -3.20. The summed E-state index contributed by atoms with van der Waals surface area (Å²) in [5.74, 6) is -1.26. The normalized spacial score (nSPS) is 27.8. The first kappa shape index (κ1) is 11.5. The molecule has 14 heavy (non-hydrogen) atoms. The maximum absolute atomic E-state index is 10.8. The fraction of sp³-hybridized carbons (Fsp3) is 0.875. The molecule has 0 aliphatic heterocycles. The summed E-state index contributed by atoms with van der Waals surface area (Å²) in [6.07, 6.45) is 3.40. The molecule has 2 N–H and O–H groups in total. The Hall–Kier alpha value is -0.620. The highest BCUT2D eigenvalue weighted by molar-refractivity contribution is 7.88. The van der Waals surface area contributed by atoms with Crippen LogP contribution in [-0.4, -0.2) is 32.3 Å². The highest BCUT2D eigenvalue weighted by Crippen LogP contribution is 2.31. The topological polar surface area (TPSA) is 83.5 Å². The van der Waals surface area contributed by atoms with Gasteiger partial charge in [0.15, 0.2) is 0 Å². The molecule has 0 spiro atoms. The predicted molar refractivity (Wildman–Crippen MR) is 51.3 cm³/mol. The minimum atomic E-state index is -3.20. The molecule has 5 nitrogen and oxygen atoms in total. The summed E-state index contributed by atoms with van der Waals surface area (Å²) >= 11 is 0. The van der Waals surface area contributed by atoms with Crippen molar-refractivity contribution in [3.8, 4) is 0 Å². The van der Waals surface area contributed by atoms with Gasteiger partial charge in [-0.2, -0.15) is 0 Å². The molecule has 0 aromatic carbocycles. The first-order valence-corrected chi connectivity index (χ1v) is 6.47. The highest BCUT2D eigenvalue weighted by atomic mass is 32.2. The van der Waals surface area contributed by atoms with Crippen LogP contribution >= 0.6 is 0 Å². The summed E-state index contributed by atoms with van der Waals surface area (Å²) in [6.45, 7) is 0.246. The fourth-order valence-corrected chi connectivity index (χ4v) is 2.38. The van der Waals surface area contributed by atoms with E-state index in [-0.39, 0.29) is 18.4 Å². The second-order valence-corrected chi connectivity index (χ2v) is 5.59. The van der Waals surface area contributed by atoms with Crippen molar-refractivity contribution in [2.45, 2.75) is 19.3 Å². The molecule has 1 fully saturated rings. The van der Waals surface area contributed by atoms with Gasteiger partial charge in [0, 0.05) is 6.54 Å². The number of sulfonamides is 1. The van der Waals surface area contributed by atoms with Crippen molar-refractivity contribution in [2.24, 2.45) is 11.8 Å². The van der Waals surface area contributed by atoms with Gasteiger partial charge in [0.05, 0.1) is 12.2 Å². The van der Waals surface area contributed by atoms with E-state index in [4.69, 9.17) is 5.11 Å². The molecule has 1 aliphatic carbocycles. The Bertz CT molecular complexity index is 311. The van der Waals surface area contributed by atoms with E-state index in [1.54, 1.807) is 0 Å². The monoisotopic (exact) mass is 221 g/mol. The lowest BCUT2D eigenvalue weighted by Crippen LogP contribution is -2.32. The Kier molecular flexibility index (Phi) is 3.49. The van der Waals surface area contributed by atoms with E-state index in [1.807, 2.05) is 0 Å². The standard InChI is InChI=1S/C8H15NO4S/c1-14(12,13)9-5-6-3-2-4-7(6)8(10)11/h6-7,9H,2-5H2,1H3,(H,10,11). The van der Waals surface area contributed by atoms with Gasteiger partial charge in [0.2, 0.25) is 10.0 Å².